The van der Waals surface area contributed by atoms with E-state index in [1.54, 1.807) is 0 Å². The van der Waals surface area contributed by atoms with Gasteiger partial charge >= 0.3 is 0 Å². The van der Waals surface area contributed by atoms with Crippen LogP contribution in [0.4, 0.5) is 0 Å². The van der Waals surface area contributed by atoms with Gasteiger partial charge in [-0.05, 0) is 43.9 Å². The largest absolute Gasteiger partial charge is 0.341 e. The van der Waals surface area contributed by atoms with Crippen molar-refractivity contribution in [3.8, 4) is 0 Å². The maximum atomic E-state index is 4.74. The number of H-pyrrole nitrogens is 1. The Morgan fingerprint density at radius 2 is 2.18 bits per heavy atom. The molecular formula is C14H17N3. The number of likely N-dealkylation sites (tertiary alicyclic amines) is 1. The normalized spacial score (nSPS) is 27.0. The molecule has 1 aliphatic heterocycles. The second-order valence-corrected chi connectivity index (χ2v) is 5.77. The number of para-hydroxylation sites is 2. The van der Waals surface area contributed by atoms with E-state index in [0.717, 1.165) is 16.9 Å². The Kier molecular flexibility index (Phi) is 1.76. The highest BCUT2D eigenvalue weighted by Gasteiger charge is 2.51. The number of nitrogens with zero attached hydrogens (tertiary/aromatic N) is 2. The van der Waals surface area contributed by atoms with Crippen molar-refractivity contribution in [2.75, 3.05) is 13.6 Å². The summed E-state index contributed by atoms with van der Waals surface area (Å²) in [6, 6.07) is 8.79. The molecule has 0 radical (unpaired) electrons. The van der Waals surface area contributed by atoms with E-state index in [4.69, 9.17) is 4.98 Å². The van der Waals surface area contributed by atoms with Crippen LogP contribution in [-0.4, -0.2) is 28.5 Å². The standard InChI is InChI=1S/C14H17N3/c1-17-9-14(6-7-14)8-12(17)13-15-10-4-2-3-5-11(10)16-13/h2-5,12H,6-9H2,1H3,(H,15,16)/t12-/m0/s1. The van der Waals surface area contributed by atoms with Crippen molar-refractivity contribution in [3.05, 3.63) is 30.1 Å². The lowest BCUT2D eigenvalue weighted by Gasteiger charge is -2.16. The molecular weight excluding hydrogens is 210 g/mol. The van der Waals surface area contributed by atoms with Gasteiger partial charge in [0.05, 0.1) is 17.1 Å². The zero-order valence-electron chi connectivity index (χ0n) is 10.1. The quantitative estimate of drug-likeness (QED) is 0.812. The molecule has 1 saturated carbocycles. The van der Waals surface area contributed by atoms with Crippen LogP contribution in [0.3, 0.4) is 0 Å². The highest BCUT2D eigenvalue weighted by atomic mass is 15.2. The molecule has 2 aromatic rings. The summed E-state index contributed by atoms with van der Waals surface area (Å²) >= 11 is 0. The Bertz CT molecular complexity index is 535. The number of aromatic amines is 1. The molecule has 1 N–H and O–H groups in total. The molecule has 2 fully saturated rings. The lowest BCUT2D eigenvalue weighted by molar-refractivity contribution is 0.303. The van der Waals surface area contributed by atoms with E-state index >= 15 is 0 Å². The predicted molar refractivity (Wildman–Crippen MR) is 67.7 cm³/mol. The molecule has 1 atom stereocenters. The van der Waals surface area contributed by atoms with Crippen molar-refractivity contribution in [2.24, 2.45) is 5.41 Å². The van der Waals surface area contributed by atoms with Crippen LogP contribution < -0.4 is 0 Å². The Labute approximate surface area is 101 Å². The number of hydrogen-bond acceptors (Lipinski definition) is 2. The molecule has 0 bridgehead atoms. The summed E-state index contributed by atoms with van der Waals surface area (Å²) in [4.78, 5) is 10.7. The maximum absolute atomic E-state index is 4.74. The summed E-state index contributed by atoms with van der Waals surface area (Å²) in [6.07, 6.45) is 4.10. The van der Waals surface area contributed by atoms with Gasteiger partial charge in [0.2, 0.25) is 0 Å². The fraction of sp³-hybridized carbons (Fsp3) is 0.500. The zero-order valence-corrected chi connectivity index (χ0v) is 10.1. The average molecular weight is 227 g/mol. The van der Waals surface area contributed by atoms with Gasteiger partial charge in [0, 0.05) is 6.54 Å². The molecule has 1 aliphatic carbocycles. The van der Waals surface area contributed by atoms with Gasteiger partial charge in [0.25, 0.3) is 0 Å². The minimum Gasteiger partial charge on any atom is -0.341 e. The molecule has 1 aromatic carbocycles. The molecule has 3 nitrogen and oxygen atoms in total. The van der Waals surface area contributed by atoms with Crippen LogP contribution in [0.1, 0.15) is 31.1 Å². The van der Waals surface area contributed by atoms with E-state index in [9.17, 15) is 0 Å². The smallest absolute Gasteiger partial charge is 0.124 e. The van der Waals surface area contributed by atoms with Crippen LogP contribution in [0.15, 0.2) is 24.3 Å². The van der Waals surface area contributed by atoms with Crippen LogP contribution >= 0.6 is 0 Å². The Morgan fingerprint density at radius 3 is 2.88 bits per heavy atom. The molecule has 4 rings (SSSR count). The van der Waals surface area contributed by atoms with E-state index in [1.165, 1.54) is 25.8 Å². The lowest BCUT2D eigenvalue weighted by Crippen LogP contribution is -2.19. The van der Waals surface area contributed by atoms with Crippen LogP contribution in [0.25, 0.3) is 11.0 Å². The van der Waals surface area contributed by atoms with Gasteiger partial charge in [0.15, 0.2) is 0 Å². The number of benzene rings is 1. The van der Waals surface area contributed by atoms with E-state index in [2.05, 4.69) is 35.1 Å². The molecule has 17 heavy (non-hydrogen) atoms. The molecule has 3 heteroatoms. The monoisotopic (exact) mass is 227 g/mol. The van der Waals surface area contributed by atoms with Gasteiger partial charge in [-0.1, -0.05) is 12.1 Å². The minimum atomic E-state index is 0.491. The summed E-state index contributed by atoms with van der Waals surface area (Å²) in [5.41, 5.74) is 2.89. The van der Waals surface area contributed by atoms with Crippen molar-refractivity contribution in [1.29, 1.82) is 0 Å². The molecule has 1 aromatic heterocycles. The van der Waals surface area contributed by atoms with Gasteiger partial charge in [-0.15, -0.1) is 0 Å². The fourth-order valence-corrected chi connectivity index (χ4v) is 3.24. The van der Waals surface area contributed by atoms with Crippen molar-refractivity contribution >= 4 is 11.0 Å². The van der Waals surface area contributed by atoms with Crippen LogP contribution in [0.2, 0.25) is 0 Å². The number of hydrogen-bond donors (Lipinski definition) is 1. The summed E-state index contributed by atoms with van der Waals surface area (Å²) in [5.74, 6) is 1.15. The number of rotatable bonds is 1. The van der Waals surface area contributed by atoms with Crippen molar-refractivity contribution < 1.29 is 0 Å². The van der Waals surface area contributed by atoms with E-state index in [1.807, 2.05) is 6.07 Å². The van der Waals surface area contributed by atoms with Crippen LogP contribution in [0, 0.1) is 5.41 Å². The summed E-state index contributed by atoms with van der Waals surface area (Å²) in [7, 11) is 2.23. The molecule has 88 valence electrons. The highest BCUT2D eigenvalue weighted by molar-refractivity contribution is 5.74. The summed E-state index contributed by atoms with van der Waals surface area (Å²) < 4.78 is 0. The third-order valence-corrected chi connectivity index (χ3v) is 4.42. The summed E-state index contributed by atoms with van der Waals surface area (Å²) in [6.45, 7) is 1.24. The topological polar surface area (TPSA) is 31.9 Å². The minimum absolute atomic E-state index is 0.491. The Balaban J connectivity index is 1.74. The Morgan fingerprint density at radius 1 is 1.35 bits per heavy atom. The lowest BCUT2D eigenvalue weighted by atomic mass is 10.0. The van der Waals surface area contributed by atoms with Gasteiger partial charge in [-0.25, -0.2) is 4.98 Å². The van der Waals surface area contributed by atoms with Crippen molar-refractivity contribution in [2.45, 2.75) is 25.3 Å². The van der Waals surface area contributed by atoms with E-state index in [-0.39, 0.29) is 0 Å². The van der Waals surface area contributed by atoms with Crippen LogP contribution in [0.5, 0.6) is 0 Å². The van der Waals surface area contributed by atoms with Gasteiger partial charge in [0.1, 0.15) is 5.82 Å². The predicted octanol–water partition coefficient (Wildman–Crippen LogP) is 2.72. The zero-order chi connectivity index (χ0) is 11.5. The Hall–Kier alpha value is -1.35. The number of aromatic nitrogens is 2. The number of imidazole rings is 1. The molecule has 0 unspecified atom stereocenters. The molecule has 2 aliphatic rings. The van der Waals surface area contributed by atoms with E-state index < -0.39 is 0 Å². The number of nitrogens with one attached hydrogen (secondary N) is 1. The van der Waals surface area contributed by atoms with Gasteiger partial charge in [-0.2, -0.15) is 0 Å². The van der Waals surface area contributed by atoms with Crippen molar-refractivity contribution in [1.82, 2.24) is 14.9 Å². The molecule has 1 saturated heterocycles. The SMILES string of the molecule is CN1CC2(CC2)C[C@H]1c1nc2ccccc2[nH]1. The number of fused-ring (bicyclic) bond motifs is 1. The van der Waals surface area contributed by atoms with Crippen molar-refractivity contribution in [3.63, 3.8) is 0 Å². The molecule has 1 spiro atoms. The first-order valence-corrected chi connectivity index (χ1v) is 6.41. The van der Waals surface area contributed by atoms with Crippen LogP contribution in [-0.2, 0) is 0 Å². The average Bonchev–Trinajstić information content (AvgIpc) is 2.82. The molecule has 0 amide bonds. The second-order valence-electron chi connectivity index (χ2n) is 5.77. The van der Waals surface area contributed by atoms with Gasteiger partial charge in [-0.3, -0.25) is 4.90 Å². The molecule has 2 heterocycles. The summed E-state index contributed by atoms with van der Waals surface area (Å²) in [5, 5.41) is 0. The van der Waals surface area contributed by atoms with Gasteiger partial charge < -0.3 is 4.98 Å². The van der Waals surface area contributed by atoms with E-state index in [0.29, 0.717) is 11.5 Å². The first-order valence-electron chi connectivity index (χ1n) is 6.41. The highest BCUT2D eigenvalue weighted by Crippen LogP contribution is 2.57. The third kappa shape index (κ3) is 1.42. The maximum Gasteiger partial charge on any atom is 0.124 e. The second kappa shape index (κ2) is 3.10. The first-order chi connectivity index (χ1) is 8.26. The first kappa shape index (κ1) is 9.66. The third-order valence-electron chi connectivity index (χ3n) is 4.42. The fourth-order valence-electron chi connectivity index (χ4n) is 3.24.